The highest BCUT2D eigenvalue weighted by molar-refractivity contribution is 5.80. The highest BCUT2D eigenvalue weighted by Gasteiger charge is 2.40. The van der Waals surface area contributed by atoms with E-state index in [-0.39, 0.29) is 0 Å². The first-order valence-electron chi connectivity index (χ1n) is 7.24. The third-order valence-electron chi connectivity index (χ3n) is 3.46. The first-order chi connectivity index (χ1) is 9.40. The molecule has 4 nitrogen and oxygen atoms in total. The molecule has 1 unspecified atom stereocenters. The van der Waals surface area contributed by atoms with Gasteiger partial charge in [-0.15, -0.1) is 0 Å². The summed E-state index contributed by atoms with van der Waals surface area (Å²) >= 11 is 0. The van der Waals surface area contributed by atoms with Crippen molar-refractivity contribution in [2.75, 3.05) is 39.3 Å². The van der Waals surface area contributed by atoms with Crippen LogP contribution in [0.4, 0.5) is 13.2 Å². The average molecular weight is 294 g/mol. The van der Waals surface area contributed by atoms with E-state index in [0.717, 1.165) is 25.5 Å². The molecule has 0 amide bonds. The quantitative estimate of drug-likeness (QED) is 0.635. The molecule has 0 aromatic carbocycles. The second-order valence-electron chi connectivity index (χ2n) is 4.98. The van der Waals surface area contributed by atoms with Crippen molar-refractivity contribution < 1.29 is 13.2 Å². The van der Waals surface area contributed by atoms with Gasteiger partial charge in [0.05, 0.1) is 0 Å². The molecule has 1 heterocycles. The standard InChI is InChI=1S/C13H25F3N4/c1-4-6-18-12(17-5-2)20-9-7-19(8-10-20)11(3)13(14,15)16/h11H,4-10H2,1-3H3,(H,17,18). The molecule has 0 aliphatic carbocycles. The molecule has 1 aliphatic rings. The molecule has 1 fully saturated rings. The van der Waals surface area contributed by atoms with Crippen LogP contribution in [0, 0.1) is 0 Å². The smallest absolute Gasteiger partial charge is 0.357 e. The number of hydrogen-bond donors (Lipinski definition) is 1. The van der Waals surface area contributed by atoms with E-state index in [0.29, 0.717) is 26.2 Å². The number of guanidine groups is 1. The molecule has 0 spiro atoms. The summed E-state index contributed by atoms with van der Waals surface area (Å²) in [6.45, 7) is 8.76. The van der Waals surface area contributed by atoms with Crippen LogP contribution < -0.4 is 5.32 Å². The molecule has 7 heteroatoms. The second-order valence-corrected chi connectivity index (χ2v) is 4.98. The number of aliphatic imine (C=N–C) groups is 1. The van der Waals surface area contributed by atoms with Crippen LogP contribution in [0.15, 0.2) is 4.99 Å². The maximum atomic E-state index is 12.7. The van der Waals surface area contributed by atoms with E-state index >= 15 is 0 Å². The lowest BCUT2D eigenvalue weighted by Gasteiger charge is -2.39. The fourth-order valence-corrected chi connectivity index (χ4v) is 2.17. The van der Waals surface area contributed by atoms with E-state index in [1.54, 1.807) is 0 Å². The minimum Gasteiger partial charge on any atom is -0.357 e. The Morgan fingerprint density at radius 3 is 2.25 bits per heavy atom. The van der Waals surface area contributed by atoms with Crippen molar-refractivity contribution >= 4 is 5.96 Å². The van der Waals surface area contributed by atoms with Gasteiger partial charge in [0.15, 0.2) is 5.96 Å². The fraction of sp³-hybridized carbons (Fsp3) is 0.923. The van der Waals surface area contributed by atoms with E-state index in [1.165, 1.54) is 11.8 Å². The average Bonchev–Trinajstić information content (AvgIpc) is 2.42. The summed E-state index contributed by atoms with van der Waals surface area (Å²) in [7, 11) is 0. The topological polar surface area (TPSA) is 30.9 Å². The summed E-state index contributed by atoms with van der Waals surface area (Å²) in [4.78, 5) is 7.99. The first kappa shape index (κ1) is 17.1. The summed E-state index contributed by atoms with van der Waals surface area (Å²) in [5.41, 5.74) is 0. The lowest BCUT2D eigenvalue weighted by atomic mass is 10.2. The van der Waals surface area contributed by atoms with Gasteiger partial charge in [-0.1, -0.05) is 6.92 Å². The van der Waals surface area contributed by atoms with Gasteiger partial charge >= 0.3 is 6.18 Å². The Morgan fingerprint density at radius 1 is 1.20 bits per heavy atom. The number of piperazine rings is 1. The van der Waals surface area contributed by atoms with Gasteiger partial charge in [0.1, 0.15) is 6.04 Å². The Balaban J connectivity index is 2.55. The number of nitrogens with one attached hydrogen (secondary N) is 1. The summed E-state index contributed by atoms with van der Waals surface area (Å²) in [5, 5.41) is 3.20. The summed E-state index contributed by atoms with van der Waals surface area (Å²) in [6, 6.07) is -1.38. The Bertz CT molecular complexity index is 309. The molecular formula is C13H25F3N4. The van der Waals surface area contributed by atoms with Crippen molar-refractivity contribution in [2.45, 2.75) is 39.4 Å². The van der Waals surface area contributed by atoms with Crippen LogP contribution in [0.25, 0.3) is 0 Å². The Hall–Kier alpha value is -0.980. The van der Waals surface area contributed by atoms with Crippen molar-refractivity contribution in [3.8, 4) is 0 Å². The predicted molar refractivity (Wildman–Crippen MR) is 74.9 cm³/mol. The van der Waals surface area contributed by atoms with Gasteiger partial charge in [0.25, 0.3) is 0 Å². The number of nitrogens with zero attached hydrogens (tertiary/aromatic N) is 3. The monoisotopic (exact) mass is 294 g/mol. The molecule has 1 aliphatic heterocycles. The predicted octanol–water partition coefficient (Wildman–Crippen LogP) is 1.93. The molecule has 0 radical (unpaired) electrons. The maximum absolute atomic E-state index is 12.7. The molecule has 1 saturated heterocycles. The molecule has 1 atom stereocenters. The Labute approximate surface area is 119 Å². The van der Waals surface area contributed by atoms with Crippen LogP contribution >= 0.6 is 0 Å². The largest absolute Gasteiger partial charge is 0.403 e. The van der Waals surface area contributed by atoms with E-state index in [4.69, 9.17) is 0 Å². The Kier molecular flexibility index (Phi) is 6.58. The van der Waals surface area contributed by atoms with Gasteiger partial charge < -0.3 is 10.2 Å². The van der Waals surface area contributed by atoms with Crippen molar-refractivity contribution in [1.82, 2.24) is 15.1 Å². The van der Waals surface area contributed by atoms with Gasteiger partial charge in [0, 0.05) is 39.3 Å². The van der Waals surface area contributed by atoms with E-state index in [1.807, 2.05) is 11.8 Å². The minimum atomic E-state index is -4.15. The summed E-state index contributed by atoms with van der Waals surface area (Å²) < 4.78 is 38.1. The van der Waals surface area contributed by atoms with Gasteiger partial charge in [0.2, 0.25) is 0 Å². The van der Waals surface area contributed by atoms with Gasteiger partial charge in [-0.25, -0.2) is 0 Å². The molecule has 0 bridgehead atoms. The third-order valence-corrected chi connectivity index (χ3v) is 3.46. The highest BCUT2D eigenvalue weighted by Crippen LogP contribution is 2.25. The van der Waals surface area contributed by atoms with E-state index in [9.17, 15) is 13.2 Å². The maximum Gasteiger partial charge on any atom is 0.403 e. The van der Waals surface area contributed by atoms with Gasteiger partial charge in [-0.05, 0) is 20.3 Å². The fourth-order valence-electron chi connectivity index (χ4n) is 2.17. The lowest BCUT2D eigenvalue weighted by Crippen LogP contribution is -2.56. The molecule has 118 valence electrons. The number of rotatable bonds is 4. The van der Waals surface area contributed by atoms with Crippen LogP contribution in [0.5, 0.6) is 0 Å². The third kappa shape index (κ3) is 4.85. The molecular weight excluding hydrogens is 269 g/mol. The normalized spacial score (nSPS) is 20.1. The van der Waals surface area contributed by atoms with Crippen LogP contribution in [0.3, 0.4) is 0 Å². The second kappa shape index (κ2) is 7.71. The van der Waals surface area contributed by atoms with Crippen LogP contribution in [-0.2, 0) is 0 Å². The van der Waals surface area contributed by atoms with Crippen LogP contribution in [0.2, 0.25) is 0 Å². The molecule has 1 rings (SSSR count). The number of hydrogen-bond acceptors (Lipinski definition) is 2. The molecule has 0 aromatic rings. The minimum absolute atomic E-state index is 0.414. The van der Waals surface area contributed by atoms with Gasteiger partial charge in [-0.2, -0.15) is 13.2 Å². The SMILES string of the molecule is CCCN=C(NCC)N1CCN(C(C)C(F)(F)F)CC1. The van der Waals surface area contributed by atoms with Crippen molar-refractivity contribution in [2.24, 2.45) is 4.99 Å². The van der Waals surface area contributed by atoms with E-state index in [2.05, 4.69) is 17.2 Å². The number of halogens is 3. The van der Waals surface area contributed by atoms with Crippen LogP contribution in [0.1, 0.15) is 27.2 Å². The Morgan fingerprint density at radius 2 is 1.80 bits per heavy atom. The highest BCUT2D eigenvalue weighted by atomic mass is 19.4. The summed E-state index contributed by atoms with van der Waals surface area (Å²) in [6.07, 6.45) is -3.19. The molecule has 0 aromatic heterocycles. The molecule has 0 saturated carbocycles. The van der Waals surface area contributed by atoms with Crippen LogP contribution in [-0.4, -0.2) is 67.2 Å². The van der Waals surface area contributed by atoms with E-state index < -0.39 is 12.2 Å². The summed E-state index contributed by atoms with van der Waals surface area (Å²) in [5.74, 6) is 0.814. The van der Waals surface area contributed by atoms with Crippen molar-refractivity contribution in [1.29, 1.82) is 0 Å². The number of alkyl halides is 3. The molecule has 1 N–H and O–H groups in total. The van der Waals surface area contributed by atoms with Gasteiger partial charge in [-0.3, -0.25) is 9.89 Å². The first-order valence-corrected chi connectivity index (χ1v) is 7.24. The zero-order valence-electron chi connectivity index (χ0n) is 12.5. The lowest BCUT2D eigenvalue weighted by molar-refractivity contribution is -0.181. The molecule has 20 heavy (non-hydrogen) atoms. The zero-order valence-corrected chi connectivity index (χ0v) is 12.5. The van der Waals surface area contributed by atoms with Crippen molar-refractivity contribution in [3.63, 3.8) is 0 Å². The zero-order chi connectivity index (χ0) is 15.2. The van der Waals surface area contributed by atoms with Crippen molar-refractivity contribution in [3.05, 3.63) is 0 Å².